The van der Waals surface area contributed by atoms with E-state index in [2.05, 4.69) is 12.2 Å². The predicted molar refractivity (Wildman–Crippen MR) is 108 cm³/mol. The summed E-state index contributed by atoms with van der Waals surface area (Å²) in [7, 11) is 3.14. The molecule has 0 aliphatic rings. The van der Waals surface area contributed by atoms with Crippen molar-refractivity contribution in [3.05, 3.63) is 48.0 Å². The SMILES string of the molecule is CCCCCCCOc1ccc(C(=O)Nc2ccc(OC)c(OC)c2)cc1. The summed E-state index contributed by atoms with van der Waals surface area (Å²) in [5.41, 5.74) is 1.21. The van der Waals surface area contributed by atoms with Gasteiger partial charge in [0.25, 0.3) is 5.91 Å². The van der Waals surface area contributed by atoms with E-state index < -0.39 is 0 Å². The summed E-state index contributed by atoms with van der Waals surface area (Å²) in [6, 6.07) is 12.4. The molecule has 0 aliphatic heterocycles. The predicted octanol–water partition coefficient (Wildman–Crippen LogP) is 5.31. The first-order valence-electron chi connectivity index (χ1n) is 9.44. The van der Waals surface area contributed by atoms with Gasteiger partial charge in [0.15, 0.2) is 11.5 Å². The van der Waals surface area contributed by atoms with Crippen LogP contribution >= 0.6 is 0 Å². The first kappa shape index (κ1) is 20.6. The van der Waals surface area contributed by atoms with Gasteiger partial charge in [0.05, 0.1) is 20.8 Å². The van der Waals surface area contributed by atoms with Gasteiger partial charge in [0.1, 0.15) is 5.75 Å². The molecule has 2 aromatic rings. The number of nitrogens with one attached hydrogen (secondary N) is 1. The lowest BCUT2D eigenvalue weighted by molar-refractivity contribution is 0.102. The van der Waals surface area contributed by atoms with Gasteiger partial charge in [-0.05, 0) is 42.8 Å². The second kappa shape index (κ2) is 11.1. The molecule has 0 saturated carbocycles. The lowest BCUT2D eigenvalue weighted by atomic mass is 10.1. The van der Waals surface area contributed by atoms with Crippen LogP contribution in [-0.2, 0) is 0 Å². The fraction of sp³-hybridized carbons (Fsp3) is 0.409. The second-order valence-electron chi connectivity index (χ2n) is 6.31. The van der Waals surface area contributed by atoms with E-state index in [1.165, 1.54) is 25.7 Å². The molecular formula is C22H29NO4. The smallest absolute Gasteiger partial charge is 0.255 e. The van der Waals surface area contributed by atoms with Crippen LogP contribution in [0.25, 0.3) is 0 Å². The van der Waals surface area contributed by atoms with Crippen molar-refractivity contribution in [1.29, 1.82) is 0 Å². The standard InChI is InChI=1S/C22H29NO4/c1-4-5-6-7-8-15-27-19-12-9-17(10-13-19)22(24)23-18-11-14-20(25-2)21(16-18)26-3/h9-14,16H,4-8,15H2,1-3H3,(H,23,24). The molecule has 0 saturated heterocycles. The second-order valence-corrected chi connectivity index (χ2v) is 6.31. The Balaban J connectivity index is 1.86. The highest BCUT2D eigenvalue weighted by atomic mass is 16.5. The molecule has 1 N–H and O–H groups in total. The van der Waals surface area contributed by atoms with Crippen LogP contribution in [0.5, 0.6) is 17.2 Å². The first-order valence-corrected chi connectivity index (χ1v) is 9.44. The van der Waals surface area contributed by atoms with Crippen molar-refractivity contribution in [2.75, 3.05) is 26.1 Å². The highest BCUT2D eigenvalue weighted by molar-refractivity contribution is 6.04. The van der Waals surface area contributed by atoms with E-state index in [0.717, 1.165) is 12.2 Å². The Hall–Kier alpha value is -2.69. The minimum absolute atomic E-state index is 0.187. The Bertz CT molecular complexity index is 713. The average Bonchev–Trinajstić information content (AvgIpc) is 2.70. The molecule has 2 rings (SSSR count). The summed E-state index contributed by atoms with van der Waals surface area (Å²) in [4.78, 5) is 12.4. The molecule has 0 fully saturated rings. The van der Waals surface area contributed by atoms with Gasteiger partial charge in [-0.2, -0.15) is 0 Å². The Morgan fingerprint density at radius 2 is 1.59 bits per heavy atom. The highest BCUT2D eigenvalue weighted by Gasteiger charge is 2.09. The number of anilines is 1. The van der Waals surface area contributed by atoms with Crippen molar-refractivity contribution in [2.24, 2.45) is 0 Å². The molecule has 5 nitrogen and oxygen atoms in total. The average molecular weight is 371 g/mol. The molecule has 5 heteroatoms. The third-order valence-corrected chi connectivity index (χ3v) is 4.27. The molecule has 1 amide bonds. The van der Waals surface area contributed by atoms with Gasteiger partial charge in [0.2, 0.25) is 0 Å². The van der Waals surface area contributed by atoms with Crippen LogP contribution in [0, 0.1) is 0 Å². The maximum absolute atomic E-state index is 12.4. The highest BCUT2D eigenvalue weighted by Crippen LogP contribution is 2.30. The fourth-order valence-corrected chi connectivity index (χ4v) is 2.72. The summed E-state index contributed by atoms with van der Waals surface area (Å²) < 4.78 is 16.2. The molecular weight excluding hydrogens is 342 g/mol. The summed E-state index contributed by atoms with van der Waals surface area (Å²) in [6.45, 7) is 2.92. The van der Waals surface area contributed by atoms with E-state index in [-0.39, 0.29) is 5.91 Å². The van der Waals surface area contributed by atoms with E-state index >= 15 is 0 Å². The number of benzene rings is 2. The van der Waals surface area contributed by atoms with Gasteiger partial charge in [0, 0.05) is 17.3 Å². The van der Waals surface area contributed by atoms with Gasteiger partial charge in [-0.15, -0.1) is 0 Å². The molecule has 0 bridgehead atoms. The van der Waals surface area contributed by atoms with Gasteiger partial charge >= 0.3 is 0 Å². The number of unbranched alkanes of at least 4 members (excludes halogenated alkanes) is 4. The Kier molecular flexibility index (Phi) is 8.49. The number of carbonyl (C=O) groups excluding carboxylic acids is 1. The zero-order valence-corrected chi connectivity index (χ0v) is 16.4. The van der Waals surface area contributed by atoms with E-state index in [9.17, 15) is 4.79 Å². The Morgan fingerprint density at radius 1 is 0.889 bits per heavy atom. The number of rotatable bonds is 11. The maximum atomic E-state index is 12.4. The van der Waals surface area contributed by atoms with Crippen molar-refractivity contribution in [3.8, 4) is 17.2 Å². The van der Waals surface area contributed by atoms with Gasteiger partial charge in [-0.1, -0.05) is 32.6 Å². The third-order valence-electron chi connectivity index (χ3n) is 4.27. The number of carbonyl (C=O) groups is 1. The first-order chi connectivity index (χ1) is 13.2. The van der Waals surface area contributed by atoms with Crippen LogP contribution in [0.15, 0.2) is 42.5 Å². The zero-order valence-electron chi connectivity index (χ0n) is 16.4. The molecule has 2 aromatic carbocycles. The Labute approximate surface area is 161 Å². The number of hydrogen-bond acceptors (Lipinski definition) is 4. The number of amides is 1. The largest absolute Gasteiger partial charge is 0.494 e. The summed E-state index contributed by atoms with van der Waals surface area (Å²) in [6.07, 6.45) is 6.04. The number of hydrogen-bond donors (Lipinski definition) is 1. The molecule has 27 heavy (non-hydrogen) atoms. The normalized spacial score (nSPS) is 10.3. The number of methoxy groups -OCH3 is 2. The molecule has 146 valence electrons. The summed E-state index contributed by atoms with van der Waals surface area (Å²) in [5, 5.41) is 2.86. The van der Waals surface area contributed by atoms with Crippen molar-refractivity contribution in [3.63, 3.8) is 0 Å². The summed E-state index contributed by atoms with van der Waals surface area (Å²) >= 11 is 0. The van der Waals surface area contributed by atoms with Crippen LogP contribution in [0.2, 0.25) is 0 Å². The van der Waals surface area contributed by atoms with Crippen LogP contribution in [0.1, 0.15) is 49.4 Å². The summed E-state index contributed by atoms with van der Waals surface area (Å²) in [5.74, 6) is 1.78. The van der Waals surface area contributed by atoms with Crippen LogP contribution in [0.3, 0.4) is 0 Å². The van der Waals surface area contributed by atoms with Crippen molar-refractivity contribution >= 4 is 11.6 Å². The molecule has 0 atom stereocenters. The van der Waals surface area contributed by atoms with Crippen molar-refractivity contribution in [1.82, 2.24) is 0 Å². The van der Waals surface area contributed by atoms with E-state index in [4.69, 9.17) is 14.2 Å². The quantitative estimate of drug-likeness (QED) is 0.544. The lowest BCUT2D eigenvalue weighted by Crippen LogP contribution is -2.12. The van der Waals surface area contributed by atoms with Crippen molar-refractivity contribution in [2.45, 2.75) is 39.0 Å². The number of ether oxygens (including phenoxy) is 3. The molecule has 0 radical (unpaired) electrons. The molecule has 0 spiro atoms. The van der Waals surface area contributed by atoms with E-state index in [1.807, 2.05) is 12.1 Å². The molecule has 0 unspecified atom stereocenters. The van der Waals surface area contributed by atoms with Gasteiger partial charge in [-0.25, -0.2) is 0 Å². The van der Waals surface area contributed by atoms with Crippen LogP contribution in [-0.4, -0.2) is 26.7 Å². The third kappa shape index (κ3) is 6.51. The van der Waals surface area contributed by atoms with Crippen LogP contribution in [0.4, 0.5) is 5.69 Å². The van der Waals surface area contributed by atoms with Gasteiger partial charge < -0.3 is 19.5 Å². The zero-order chi connectivity index (χ0) is 19.5. The minimum atomic E-state index is -0.187. The van der Waals surface area contributed by atoms with E-state index in [0.29, 0.717) is 29.4 Å². The van der Waals surface area contributed by atoms with Gasteiger partial charge in [-0.3, -0.25) is 4.79 Å². The maximum Gasteiger partial charge on any atom is 0.255 e. The van der Waals surface area contributed by atoms with Crippen molar-refractivity contribution < 1.29 is 19.0 Å². The topological polar surface area (TPSA) is 56.8 Å². The van der Waals surface area contributed by atoms with Crippen LogP contribution < -0.4 is 19.5 Å². The monoisotopic (exact) mass is 371 g/mol. The fourth-order valence-electron chi connectivity index (χ4n) is 2.72. The molecule has 0 aliphatic carbocycles. The molecule has 0 heterocycles. The molecule has 0 aromatic heterocycles. The van der Waals surface area contributed by atoms with E-state index in [1.54, 1.807) is 44.6 Å². The Morgan fingerprint density at radius 3 is 2.26 bits per heavy atom. The lowest BCUT2D eigenvalue weighted by Gasteiger charge is -2.11. The minimum Gasteiger partial charge on any atom is -0.494 e.